The zero-order chi connectivity index (χ0) is 22.8. The summed E-state index contributed by atoms with van der Waals surface area (Å²) >= 11 is 0. The Morgan fingerprint density at radius 1 is 1.06 bits per heavy atom. The molecule has 0 saturated heterocycles. The number of hydrogen-bond acceptors (Lipinski definition) is 4. The lowest BCUT2D eigenvalue weighted by molar-refractivity contribution is -0.130. The van der Waals surface area contributed by atoms with Crippen LogP contribution in [0.5, 0.6) is 5.75 Å². The summed E-state index contributed by atoms with van der Waals surface area (Å²) in [6.45, 7) is 0.209. The Balaban J connectivity index is 1.34. The van der Waals surface area contributed by atoms with Crippen LogP contribution < -0.4 is 10.2 Å². The van der Waals surface area contributed by atoms with Gasteiger partial charge >= 0.3 is 0 Å². The number of pyridine rings is 1. The Hall–Kier alpha value is -3.77. The summed E-state index contributed by atoms with van der Waals surface area (Å²) in [4.78, 5) is 16.2. The van der Waals surface area contributed by atoms with Crippen molar-refractivity contribution in [3.8, 4) is 17.0 Å². The maximum absolute atomic E-state index is 14.7. The van der Waals surface area contributed by atoms with Crippen molar-refractivity contribution < 1.29 is 19.1 Å². The van der Waals surface area contributed by atoms with Crippen molar-refractivity contribution in [2.45, 2.75) is 19.4 Å². The van der Waals surface area contributed by atoms with Crippen molar-refractivity contribution >= 4 is 16.8 Å². The largest absolute Gasteiger partial charge is 0.486 e. The molecule has 1 saturated carbocycles. The van der Waals surface area contributed by atoms with Crippen LogP contribution in [0.2, 0.25) is 0 Å². The first-order valence-electron chi connectivity index (χ1n) is 10.9. The van der Waals surface area contributed by atoms with Gasteiger partial charge in [-0.05, 0) is 48.6 Å². The van der Waals surface area contributed by atoms with Gasteiger partial charge in [-0.3, -0.25) is 10.0 Å². The zero-order valence-corrected chi connectivity index (χ0v) is 17.9. The molecule has 0 radical (unpaired) electrons. The monoisotopic (exact) mass is 442 g/mol. The quantitative estimate of drug-likeness (QED) is 0.301. The standard InChI is InChI=1S/C27H23FN2O3/c28-23-13-17(12-19-14-22(19)27(31)30-32)10-11-26(23)33-16-20-15-25(18-6-2-1-3-7-18)29-24-9-5-4-8-21(20)24/h1-11,13,15,19,22,32H,12,14,16H2,(H,30,31)/t19-,22+/m1/s1. The number of hydrogen-bond donors (Lipinski definition) is 2. The molecule has 5 nitrogen and oxygen atoms in total. The molecule has 0 aliphatic heterocycles. The highest BCUT2D eigenvalue weighted by Crippen LogP contribution is 2.41. The van der Waals surface area contributed by atoms with Gasteiger partial charge in [-0.1, -0.05) is 54.6 Å². The van der Waals surface area contributed by atoms with Gasteiger partial charge in [-0.15, -0.1) is 0 Å². The minimum Gasteiger partial charge on any atom is -0.486 e. The highest BCUT2D eigenvalue weighted by atomic mass is 19.1. The Bertz CT molecular complexity index is 1310. The van der Waals surface area contributed by atoms with Crippen LogP contribution in [-0.2, 0) is 17.8 Å². The second-order valence-electron chi connectivity index (χ2n) is 8.39. The number of hydroxylamine groups is 1. The van der Waals surface area contributed by atoms with E-state index in [0.29, 0.717) is 12.8 Å². The second kappa shape index (κ2) is 9.00. The van der Waals surface area contributed by atoms with Crippen LogP contribution in [0.3, 0.4) is 0 Å². The molecule has 6 heteroatoms. The van der Waals surface area contributed by atoms with E-state index in [2.05, 4.69) is 0 Å². The fourth-order valence-corrected chi connectivity index (χ4v) is 4.25. The SMILES string of the molecule is O=C(NO)[C@H]1C[C@H]1Cc1ccc(OCc2cc(-c3ccccc3)nc3ccccc23)c(F)c1. The van der Waals surface area contributed by atoms with Gasteiger partial charge in [0.05, 0.1) is 11.2 Å². The Morgan fingerprint density at radius 2 is 1.85 bits per heavy atom. The van der Waals surface area contributed by atoms with Gasteiger partial charge in [0.2, 0.25) is 5.91 Å². The molecule has 2 atom stereocenters. The number of carbonyl (C=O) groups excluding carboxylic acids is 1. The van der Waals surface area contributed by atoms with E-state index in [9.17, 15) is 9.18 Å². The average molecular weight is 442 g/mol. The summed E-state index contributed by atoms with van der Waals surface area (Å²) in [5.74, 6) is -0.699. The summed E-state index contributed by atoms with van der Waals surface area (Å²) in [5.41, 5.74) is 6.13. The third-order valence-electron chi connectivity index (χ3n) is 6.12. The summed E-state index contributed by atoms with van der Waals surface area (Å²) < 4.78 is 20.6. The van der Waals surface area contributed by atoms with Crippen LogP contribution in [-0.4, -0.2) is 16.1 Å². The number of halogens is 1. The molecule has 0 bridgehead atoms. The first-order chi connectivity index (χ1) is 16.1. The van der Waals surface area contributed by atoms with Gasteiger partial charge in [-0.2, -0.15) is 0 Å². The first-order valence-corrected chi connectivity index (χ1v) is 10.9. The molecule has 1 fully saturated rings. The maximum Gasteiger partial charge on any atom is 0.246 e. The van der Waals surface area contributed by atoms with E-state index >= 15 is 0 Å². The molecule has 33 heavy (non-hydrogen) atoms. The van der Waals surface area contributed by atoms with E-state index in [1.54, 1.807) is 11.5 Å². The van der Waals surface area contributed by atoms with Gasteiger partial charge in [0.15, 0.2) is 11.6 Å². The molecule has 1 aliphatic carbocycles. The van der Waals surface area contributed by atoms with Crippen molar-refractivity contribution in [1.82, 2.24) is 10.5 Å². The van der Waals surface area contributed by atoms with Gasteiger partial charge in [0.25, 0.3) is 0 Å². The number of aromatic nitrogens is 1. The van der Waals surface area contributed by atoms with Crippen LogP contribution >= 0.6 is 0 Å². The molecule has 1 aliphatic rings. The van der Waals surface area contributed by atoms with Gasteiger partial charge in [0, 0.05) is 22.4 Å². The maximum atomic E-state index is 14.7. The number of nitrogens with zero attached hydrogens (tertiary/aromatic N) is 1. The van der Waals surface area contributed by atoms with E-state index in [0.717, 1.165) is 33.3 Å². The minimum absolute atomic E-state index is 0.128. The highest BCUT2D eigenvalue weighted by molar-refractivity contribution is 5.85. The smallest absolute Gasteiger partial charge is 0.246 e. The van der Waals surface area contributed by atoms with Gasteiger partial charge < -0.3 is 4.74 Å². The van der Waals surface area contributed by atoms with Crippen molar-refractivity contribution in [2.75, 3.05) is 0 Å². The lowest BCUT2D eigenvalue weighted by Gasteiger charge is -2.12. The first kappa shape index (κ1) is 21.1. The molecule has 3 aromatic carbocycles. The van der Waals surface area contributed by atoms with Crippen LogP contribution in [0.25, 0.3) is 22.2 Å². The van der Waals surface area contributed by atoms with Crippen molar-refractivity contribution in [2.24, 2.45) is 11.8 Å². The summed E-state index contributed by atoms with van der Waals surface area (Å²) in [6, 6.07) is 24.7. The van der Waals surface area contributed by atoms with Crippen LogP contribution in [0.1, 0.15) is 17.5 Å². The average Bonchev–Trinajstić information content (AvgIpc) is 3.62. The van der Waals surface area contributed by atoms with Crippen molar-refractivity contribution in [1.29, 1.82) is 0 Å². The second-order valence-corrected chi connectivity index (χ2v) is 8.39. The molecule has 0 spiro atoms. The predicted molar refractivity (Wildman–Crippen MR) is 123 cm³/mol. The summed E-state index contributed by atoms with van der Waals surface area (Å²) in [5, 5.41) is 9.70. The van der Waals surface area contributed by atoms with E-state index < -0.39 is 5.82 Å². The van der Waals surface area contributed by atoms with Gasteiger partial charge in [-0.25, -0.2) is 14.9 Å². The molecule has 4 aromatic rings. The Morgan fingerprint density at radius 3 is 2.64 bits per heavy atom. The number of rotatable bonds is 7. The number of fused-ring (bicyclic) bond motifs is 1. The lowest BCUT2D eigenvalue weighted by atomic mass is 10.0. The molecule has 0 unspecified atom stereocenters. The fraction of sp³-hybridized carbons (Fsp3) is 0.185. The molecule has 1 amide bonds. The number of nitrogens with one attached hydrogen (secondary N) is 1. The van der Waals surface area contributed by atoms with Crippen molar-refractivity contribution in [3.63, 3.8) is 0 Å². The topological polar surface area (TPSA) is 71.5 Å². The van der Waals surface area contributed by atoms with E-state index in [1.165, 1.54) is 6.07 Å². The zero-order valence-electron chi connectivity index (χ0n) is 17.9. The Kier molecular flexibility index (Phi) is 5.75. The molecule has 5 rings (SSSR count). The van der Waals surface area contributed by atoms with E-state index in [1.807, 2.05) is 66.7 Å². The summed E-state index contributed by atoms with van der Waals surface area (Å²) in [7, 11) is 0. The number of amides is 1. The molecule has 166 valence electrons. The Labute approximate surface area is 190 Å². The third-order valence-corrected chi connectivity index (χ3v) is 6.12. The molecular formula is C27H23FN2O3. The molecule has 1 heterocycles. The van der Waals surface area contributed by atoms with Crippen LogP contribution in [0.4, 0.5) is 4.39 Å². The predicted octanol–water partition coefficient (Wildman–Crippen LogP) is 5.30. The minimum atomic E-state index is -0.432. The third kappa shape index (κ3) is 4.56. The number of para-hydroxylation sites is 1. The molecule has 1 aromatic heterocycles. The van der Waals surface area contributed by atoms with Crippen molar-refractivity contribution in [3.05, 3.63) is 95.8 Å². The lowest BCUT2D eigenvalue weighted by Crippen LogP contribution is -2.21. The fourth-order valence-electron chi connectivity index (χ4n) is 4.25. The van der Waals surface area contributed by atoms with E-state index in [4.69, 9.17) is 14.9 Å². The van der Waals surface area contributed by atoms with E-state index in [-0.39, 0.29) is 30.1 Å². The van der Waals surface area contributed by atoms with Gasteiger partial charge in [0.1, 0.15) is 6.61 Å². The normalized spacial score (nSPS) is 17.0. The number of ether oxygens (including phenoxy) is 1. The van der Waals surface area contributed by atoms with Crippen LogP contribution in [0, 0.1) is 17.7 Å². The van der Waals surface area contributed by atoms with Crippen LogP contribution in [0.15, 0.2) is 78.9 Å². The highest BCUT2D eigenvalue weighted by Gasteiger charge is 2.42. The molecule has 2 N–H and O–H groups in total. The number of benzene rings is 3. The number of carbonyl (C=O) groups is 1. The molecular weight excluding hydrogens is 419 g/mol. The summed E-state index contributed by atoms with van der Waals surface area (Å²) in [6.07, 6.45) is 1.29.